The number of hydrogen-bond donors (Lipinski definition) is 1. The van der Waals surface area contributed by atoms with Crippen LogP contribution in [-0.4, -0.2) is 10.9 Å². The predicted molar refractivity (Wildman–Crippen MR) is 60.1 cm³/mol. The maximum Gasteiger partial charge on any atom is 0.202 e. The number of aliphatic hydroxyl groups is 1. The summed E-state index contributed by atoms with van der Waals surface area (Å²) < 4.78 is 0. The van der Waals surface area contributed by atoms with Gasteiger partial charge in [-0.1, -0.05) is 30.3 Å². The van der Waals surface area contributed by atoms with Gasteiger partial charge in [0.25, 0.3) is 0 Å². The third-order valence-electron chi connectivity index (χ3n) is 2.10. The van der Waals surface area contributed by atoms with Crippen LogP contribution in [0.4, 0.5) is 0 Å². The summed E-state index contributed by atoms with van der Waals surface area (Å²) in [7, 11) is 0. The standard InChI is InChI=1S/C12H10O2S/c13-7-9-6-11(15-8-9)12(14)10-4-2-1-3-5-10/h1-6,8,13H,7H2. The molecular formula is C12H10O2S. The fourth-order valence-electron chi connectivity index (χ4n) is 1.31. The second-order valence-electron chi connectivity index (χ2n) is 3.17. The fourth-order valence-corrected chi connectivity index (χ4v) is 2.17. The highest BCUT2D eigenvalue weighted by Crippen LogP contribution is 2.18. The van der Waals surface area contributed by atoms with E-state index in [4.69, 9.17) is 5.11 Å². The van der Waals surface area contributed by atoms with Crippen LogP contribution < -0.4 is 0 Å². The summed E-state index contributed by atoms with van der Waals surface area (Å²) >= 11 is 1.37. The van der Waals surface area contributed by atoms with E-state index >= 15 is 0 Å². The Labute approximate surface area is 91.8 Å². The van der Waals surface area contributed by atoms with E-state index < -0.39 is 0 Å². The first kappa shape index (κ1) is 10.1. The molecule has 3 heteroatoms. The van der Waals surface area contributed by atoms with Crippen LogP contribution >= 0.6 is 11.3 Å². The van der Waals surface area contributed by atoms with Crippen molar-refractivity contribution in [3.63, 3.8) is 0 Å². The third-order valence-corrected chi connectivity index (χ3v) is 3.07. The molecule has 1 aromatic heterocycles. The quantitative estimate of drug-likeness (QED) is 0.803. The average Bonchev–Trinajstić information content (AvgIpc) is 2.78. The molecule has 1 heterocycles. The Morgan fingerprint density at radius 2 is 2.00 bits per heavy atom. The van der Waals surface area contributed by atoms with Crippen molar-refractivity contribution < 1.29 is 9.90 Å². The number of rotatable bonds is 3. The predicted octanol–water partition coefficient (Wildman–Crippen LogP) is 2.47. The summed E-state index contributed by atoms with van der Waals surface area (Å²) in [5.74, 6) is 0.0142. The molecule has 0 saturated heterocycles. The monoisotopic (exact) mass is 218 g/mol. The first-order valence-corrected chi connectivity index (χ1v) is 5.47. The van der Waals surface area contributed by atoms with Crippen LogP contribution in [0.5, 0.6) is 0 Å². The average molecular weight is 218 g/mol. The molecule has 0 saturated carbocycles. The van der Waals surface area contributed by atoms with E-state index in [-0.39, 0.29) is 12.4 Å². The van der Waals surface area contributed by atoms with Crippen LogP contribution in [-0.2, 0) is 6.61 Å². The van der Waals surface area contributed by atoms with Crippen molar-refractivity contribution in [2.24, 2.45) is 0 Å². The van der Waals surface area contributed by atoms with Gasteiger partial charge in [0.15, 0.2) is 0 Å². The molecule has 0 aliphatic rings. The molecule has 1 N–H and O–H groups in total. The first-order chi connectivity index (χ1) is 7.31. The number of carbonyl (C=O) groups excluding carboxylic acids is 1. The van der Waals surface area contributed by atoms with Crippen molar-refractivity contribution in [3.05, 3.63) is 57.8 Å². The van der Waals surface area contributed by atoms with Crippen molar-refractivity contribution in [1.82, 2.24) is 0 Å². The number of carbonyl (C=O) groups is 1. The molecule has 2 aromatic rings. The van der Waals surface area contributed by atoms with Gasteiger partial charge in [-0.2, -0.15) is 0 Å². The lowest BCUT2D eigenvalue weighted by molar-refractivity contribution is 0.104. The fraction of sp³-hybridized carbons (Fsp3) is 0.0833. The van der Waals surface area contributed by atoms with Crippen LogP contribution in [0.3, 0.4) is 0 Å². The Hall–Kier alpha value is -1.45. The largest absolute Gasteiger partial charge is 0.392 e. The van der Waals surface area contributed by atoms with E-state index in [1.165, 1.54) is 11.3 Å². The molecule has 0 atom stereocenters. The van der Waals surface area contributed by atoms with Gasteiger partial charge in [0, 0.05) is 5.56 Å². The van der Waals surface area contributed by atoms with Gasteiger partial charge in [0.05, 0.1) is 11.5 Å². The van der Waals surface area contributed by atoms with E-state index in [1.54, 1.807) is 23.6 Å². The number of thiophene rings is 1. The lowest BCUT2D eigenvalue weighted by atomic mass is 10.1. The Morgan fingerprint density at radius 1 is 1.27 bits per heavy atom. The number of benzene rings is 1. The summed E-state index contributed by atoms with van der Waals surface area (Å²) in [6, 6.07) is 10.9. The van der Waals surface area contributed by atoms with Crippen LogP contribution in [0, 0.1) is 0 Å². The van der Waals surface area contributed by atoms with Gasteiger partial charge in [-0.15, -0.1) is 11.3 Å². The summed E-state index contributed by atoms with van der Waals surface area (Å²) in [5, 5.41) is 10.7. The zero-order valence-corrected chi connectivity index (χ0v) is 8.83. The van der Waals surface area contributed by atoms with Gasteiger partial charge in [-0.3, -0.25) is 4.79 Å². The Kier molecular flexibility index (Phi) is 2.94. The molecule has 0 amide bonds. The Balaban J connectivity index is 2.29. The summed E-state index contributed by atoms with van der Waals surface area (Å²) in [4.78, 5) is 12.6. The molecule has 0 unspecified atom stereocenters. The molecule has 0 spiro atoms. The molecule has 76 valence electrons. The van der Waals surface area contributed by atoms with Crippen LogP contribution in [0.15, 0.2) is 41.8 Å². The molecule has 0 fully saturated rings. The van der Waals surface area contributed by atoms with Crippen LogP contribution in [0.1, 0.15) is 20.8 Å². The number of hydrogen-bond acceptors (Lipinski definition) is 3. The molecule has 15 heavy (non-hydrogen) atoms. The minimum atomic E-state index is -0.0153. The highest BCUT2D eigenvalue weighted by Gasteiger charge is 2.10. The van der Waals surface area contributed by atoms with E-state index in [9.17, 15) is 4.79 Å². The molecule has 0 aliphatic carbocycles. The molecule has 0 radical (unpaired) electrons. The lowest BCUT2D eigenvalue weighted by Gasteiger charge is -1.96. The topological polar surface area (TPSA) is 37.3 Å². The molecular weight excluding hydrogens is 208 g/mol. The molecule has 0 bridgehead atoms. The van der Waals surface area contributed by atoms with Crippen molar-refractivity contribution in [2.45, 2.75) is 6.61 Å². The van der Waals surface area contributed by atoms with Gasteiger partial charge in [0.2, 0.25) is 5.78 Å². The smallest absolute Gasteiger partial charge is 0.202 e. The zero-order valence-electron chi connectivity index (χ0n) is 8.01. The van der Waals surface area contributed by atoms with Gasteiger partial charge in [-0.25, -0.2) is 0 Å². The van der Waals surface area contributed by atoms with Crippen LogP contribution in [0.25, 0.3) is 0 Å². The van der Waals surface area contributed by atoms with Crippen molar-refractivity contribution >= 4 is 17.1 Å². The maximum absolute atomic E-state index is 11.9. The normalized spacial score (nSPS) is 10.2. The van der Waals surface area contributed by atoms with Gasteiger partial charge < -0.3 is 5.11 Å². The summed E-state index contributed by atoms with van der Waals surface area (Å²) in [6.07, 6.45) is 0. The molecule has 2 rings (SSSR count). The van der Waals surface area contributed by atoms with Crippen molar-refractivity contribution in [3.8, 4) is 0 Å². The Morgan fingerprint density at radius 3 is 2.60 bits per heavy atom. The van der Waals surface area contributed by atoms with E-state index in [2.05, 4.69) is 0 Å². The van der Waals surface area contributed by atoms with Gasteiger partial charge in [-0.05, 0) is 17.0 Å². The van der Waals surface area contributed by atoms with E-state index in [1.807, 2.05) is 18.2 Å². The molecule has 0 aliphatic heterocycles. The van der Waals surface area contributed by atoms with Crippen LogP contribution in [0.2, 0.25) is 0 Å². The minimum Gasteiger partial charge on any atom is -0.392 e. The third kappa shape index (κ3) is 2.14. The minimum absolute atomic E-state index is 0.0142. The van der Waals surface area contributed by atoms with Crippen molar-refractivity contribution in [2.75, 3.05) is 0 Å². The van der Waals surface area contributed by atoms with Gasteiger partial charge >= 0.3 is 0 Å². The van der Waals surface area contributed by atoms with E-state index in [0.717, 1.165) is 5.56 Å². The summed E-state index contributed by atoms with van der Waals surface area (Å²) in [6.45, 7) is -0.0153. The Bertz CT molecular complexity index is 459. The highest BCUT2D eigenvalue weighted by molar-refractivity contribution is 7.12. The highest BCUT2D eigenvalue weighted by atomic mass is 32.1. The number of ketones is 1. The first-order valence-electron chi connectivity index (χ1n) is 4.59. The SMILES string of the molecule is O=C(c1ccccc1)c1cc(CO)cs1. The summed E-state index contributed by atoms with van der Waals surface area (Å²) in [5.41, 5.74) is 1.48. The maximum atomic E-state index is 11.9. The second kappa shape index (κ2) is 4.38. The van der Waals surface area contributed by atoms with E-state index in [0.29, 0.717) is 10.4 Å². The van der Waals surface area contributed by atoms with Gasteiger partial charge in [0.1, 0.15) is 0 Å². The van der Waals surface area contributed by atoms with Crippen molar-refractivity contribution in [1.29, 1.82) is 0 Å². The second-order valence-corrected chi connectivity index (χ2v) is 4.08. The number of aliphatic hydroxyl groups excluding tert-OH is 1. The zero-order chi connectivity index (χ0) is 10.7. The molecule has 2 nitrogen and oxygen atoms in total. The molecule has 1 aromatic carbocycles. The lowest BCUT2D eigenvalue weighted by Crippen LogP contribution is -1.97.